The molecule has 0 bridgehead atoms. The smallest absolute Gasteiger partial charge is 0.409 e. The van der Waals surface area contributed by atoms with E-state index in [4.69, 9.17) is 10.5 Å². The zero-order valence-corrected chi connectivity index (χ0v) is 20.2. The summed E-state index contributed by atoms with van der Waals surface area (Å²) in [4.78, 5) is 26.6. The molecular weight excluding hydrogens is 418 g/mol. The van der Waals surface area contributed by atoms with Crippen LogP contribution in [0.2, 0.25) is 0 Å². The van der Waals surface area contributed by atoms with Crippen LogP contribution in [0.3, 0.4) is 0 Å². The first-order chi connectivity index (χ1) is 15.6. The molecule has 8 nitrogen and oxygen atoms in total. The Labute approximate surface area is 196 Å². The molecule has 2 amide bonds. The molecule has 8 heteroatoms. The minimum atomic E-state index is -0.991. The molecular formula is C25H37N5O3. The van der Waals surface area contributed by atoms with Gasteiger partial charge in [-0.2, -0.15) is 5.10 Å². The van der Waals surface area contributed by atoms with Crippen LogP contribution >= 0.6 is 0 Å². The maximum Gasteiger partial charge on any atom is 0.409 e. The van der Waals surface area contributed by atoms with Crippen LogP contribution in [0, 0.1) is 0 Å². The summed E-state index contributed by atoms with van der Waals surface area (Å²) >= 11 is 0. The summed E-state index contributed by atoms with van der Waals surface area (Å²) in [5, 5.41) is 7.75. The van der Waals surface area contributed by atoms with E-state index in [0.717, 1.165) is 43.4 Å². The van der Waals surface area contributed by atoms with Crippen LogP contribution in [0.5, 0.6) is 0 Å². The number of ether oxygens (including phenoxy) is 1. The van der Waals surface area contributed by atoms with Gasteiger partial charge in [0.25, 0.3) is 0 Å². The molecule has 1 aliphatic carbocycles. The van der Waals surface area contributed by atoms with Gasteiger partial charge < -0.3 is 20.7 Å². The molecule has 2 aromatic rings. The van der Waals surface area contributed by atoms with E-state index in [0.29, 0.717) is 12.5 Å². The van der Waals surface area contributed by atoms with Gasteiger partial charge in [-0.25, -0.2) is 4.79 Å². The first-order valence-electron chi connectivity index (χ1n) is 11.7. The van der Waals surface area contributed by atoms with Crippen LogP contribution in [0.25, 0.3) is 0 Å². The second-order valence-electron chi connectivity index (χ2n) is 9.55. The van der Waals surface area contributed by atoms with E-state index < -0.39 is 5.54 Å². The van der Waals surface area contributed by atoms with Crippen molar-refractivity contribution >= 4 is 12.0 Å². The fraction of sp³-hybridized carbons (Fsp3) is 0.560. The van der Waals surface area contributed by atoms with Crippen LogP contribution in [-0.2, 0) is 29.4 Å². The molecule has 3 N–H and O–H groups in total. The second-order valence-corrected chi connectivity index (χ2v) is 9.55. The highest BCUT2D eigenvalue weighted by atomic mass is 16.6. The number of aromatic nitrogens is 2. The zero-order chi connectivity index (χ0) is 24.0. The molecule has 1 aliphatic rings. The number of carbonyl (C=O) groups excluding carboxylic acids is 2. The average molecular weight is 456 g/mol. The summed E-state index contributed by atoms with van der Waals surface area (Å²) < 4.78 is 7.21. The fourth-order valence-corrected chi connectivity index (χ4v) is 3.78. The molecule has 3 rings (SSSR count). The minimum absolute atomic E-state index is 0.221. The number of carbonyl (C=O) groups is 2. The van der Waals surface area contributed by atoms with E-state index in [9.17, 15) is 9.59 Å². The third-order valence-electron chi connectivity index (χ3n) is 5.94. The van der Waals surface area contributed by atoms with Crippen molar-refractivity contribution in [2.45, 2.75) is 70.0 Å². The van der Waals surface area contributed by atoms with Crippen LogP contribution in [0.4, 0.5) is 4.79 Å². The van der Waals surface area contributed by atoms with Gasteiger partial charge in [0.05, 0.1) is 23.9 Å². The third-order valence-corrected chi connectivity index (χ3v) is 5.94. The summed E-state index contributed by atoms with van der Waals surface area (Å²) in [7, 11) is 3.64. The largest absolute Gasteiger partial charge is 0.449 e. The van der Waals surface area contributed by atoms with Crippen molar-refractivity contribution in [1.82, 2.24) is 20.0 Å². The number of nitrogens with zero attached hydrogens (tertiary/aromatic N) is 3. The predicted molar refractivity (Wildman–Crippen MR) is 128 cm³/mol. The Morgan fingerprint density at radius 2 is 1.97 bits per heavy atom. The Morgan fingerprint density at radius 1 is 1.27 bits per heavy atom. The maximum absolute atomic E-state index is 12.7. The molecule has 1 aromatic heterocycles. The number of nitrogens with two attached hydrogens (primary N) is 1. The van der Waals surface area contributed by atoms with Crippen LogP contribution in [0.15, 0.2) is 36.5 Å². The molecule has 1 atom stereocenters. The maximum atomic E-state index is 12.7. The summed E-state index contributed by atoms with van der Waals surface area (Å²) in [6, 6.07) is 10.3. The van der Waals surface area contributed by atoms with Gasteiger partial charge in [-0.05, 0) is 57.1 Å². The Bertz CT molecular complexity index is 931. The first-order valence-corrected chi connectivity index (χ1v) is 11.7. The van der Waals surface area contributed by atoms with Gasteiger partial charge in [0.2, 0.25) is 5.91 Å². The van der Waals surface area contributed by atoms with Crippen molar-refractivity contribution in [2.75, 3.05) is 13.7 Å². The topological polar surface area (TPSA) is 102 Å². The summed E-state index contributed by atoms with van der Waals surface area (Å²) in [6.45, 7) is 3.65. The number of nitrogens with one attached hydrogen (secondary N) is 1. The number of rotatable bonds is 11. The highest BCUT2D eigenvalue weighted by Gasteiger charge is 2.31. The number of benzene rings is 1. The van der Waals surface area contributed by atoms with Crippen LogP contribution < -0.4 is 11.1 Å². The average Bonchev–Trinajstić information content (AvgIpc) is 3.55. The van der Waals surface area contributed by atoms with Crippen molar-refractivity contribution in [3.63, 3.8) is 0 Å². The Kier molecular flexibility index (Phi) is 8.13. The molecule has 1 heterocycles. The molecule has 1 aromatic carbocycles. The van der Waals surface area contributed by atoms with Crippen molar-refractivity contribution in [3.05, 3.63) is 53.3 Å². The predicted octanol–water partition coefficient (Wildman–Crippen LogP) is 3.11. The fourth-order valence-electron chi connectivity index (χ4n) is 3.78. The lowest BCUT2D eigenvalue weighted by atomic mass is 9.98. The van der Waals surface area contributed by atoms with Gasteiger partial charge in [0.1, 0.15) is 0 Å². The Balaban J connectivity index is 1.67. The van der Waals surface area contributed by atoms with E-state index in [1.165, 1.54) is 5.56 Å². The Morgan fingerprint density at radius 3 is 2.61 bits per heavy atom. The molecule has 1 fully saturated rings. The SMILES string of the molecule is CN(C(=O)OCCc1cn(C)nc1C(CCCc1ccccc1)NC(=O)C(C)(C)N)C1CC1. The molecule has 0 saturated heterocycles. The van der Waals surface area contributed by atoms with Crippen LogP contribution in [0.1, 0.15) is 62.4 Å². The first kappa shape index (κ1) is 24.8. The van der Waals surface area contributed by atoms with Crippen molar-refractivity contribution < 1.29 is 14.3 Å². The van der Waals surface area contributed by atoms with Gasteiger partial charge in [-0.3, -0.25) is 9.48 Å². The highest BCUT2D eigenvalue weighted by molar-refractivity contribution is 5.85. The zero-order valence-electron chi connectivity index (χ0n) is 20.2. The van der Waals surface area contributed by atoms with Gasteiger partial charge in [-0.15, -0.1) is 0 Å². The van der Waals surface area contributed by atoms with Crippen molar-refractivity contribution in [1.29, 1.82) is 0 Å². The highest BCUT2D eigenvalue weighted by Crippen LogP contribution is 2.26. The molecule has 180 valence electrons. The van der Waals surface area contributed by atoms with Gasteiger partial charge in [0.15, 0.2) is 0 Å². The minimum Gasteiger partial charge on any atom is -0.449 e. The van der Waals surface area contributed by atoms with E-state index in [2.05, 4.69) is 22.5 Å². The lowest BCUT2D eigenvalue weighted by Gasteiger charge is -2.24. The van der Waals surface area contributed by atoms with E-state index in [1.54, 1.807) is 30.5 Å². The number of hydrogen-bond acceptors (Lipinski definition) is 5. The summed E-state index contributed by atoms with van der Waals surface area (Å²) in [6.07, 6.45) is 6.78. The number of amides is 2. The monoisotopic (exact) mass is 455 g/mol. The second kappa shape index (κ2) is 10.8. The van der Waals surface area contributed by atoms with Crippen molar-refractivity contribution in [3.8, 4) is 0 Å². The van der Waals surface area contributed by atoms with Crippen LogP contribution in [-0.4, -0.2) is 51.9 Å². The van der Waals surface area contributed by atoms with Gasteiger partial charge in [0, 0.05) is 32.8 Å². The van der Waals surface area contributed by atoms with Gasteiger partial charge in [-0.1, -0.05) is 30.3 Å². The Hall–Kier alpha value is -2.87. The normalized spacial score (nSPS) is 14.6. The third kappa shape index (κ3) is 7.32. The number of aryl methyl sites for hydroxylation is 2. The molecule has 1 saturated carbocycles. The molecule has 33 heavy (non-hydrogen) atoms. The number of hydrogen-bond donors (Lipinski definition) is 2. The quantitative estimate of drug-likeness (QED) is 0.542. The summed E-state index contributed by atoms with van der Waals surface area (Å²) in [5.74, 6) is -0.221. The summed E-state index contributed by atoms with van der Waals surface area (Å²) in [5.41, 5.74) is 8.07. The molecule has 0 radical (unpaired) electrons. The van der Waals surface area contributed by atoms with E-state index in [1.807, 2.05) is 31.4 Å². The van der Waals surface area contributed by atoms with Gasteiger partial charge >= 0.3 is 6.09 Å². The van der Waals surface area contributed by atoms with E-state index >= 15 is 0 Å². The lowest BCUT2D eigenvalue weighted by Crippen LogP contribution is -2.50. The molecule has 1 unspecified atom stereocenters. The standard InChI is InChI=1S/C25H37N5O3/c1-25(2,26)23(31)27-21(12-8-11-18-9-6-5-7-10-18)22-19(17-29(3)28-22)15-16-33-24(32)30(4)20-13-14-20/h5-7,9-10,17,20-21H,8,11-16,26H2,1-4H3,(H,27,31). The lowest BCUT2D eigenvalue weighted by molar-refractivity contribution is -0.126. The van der Waals surface area contributed by atoms with Crippen molar-refractivity contribution in [2.24, 2.45) is 12.8 Å². The molecule has 0 aliphatic heterocycles. The molecule has 0 spiro atoms. The van der Waals surface area contributed by atoms with E-state index in [-0.39, 0.29) is 24.6 Å².